The van der Waals surface area contributed by atoms with Gasteiger partial charge in [-0.3, -0.25) is 9.11 Å². The van der Waals surface area contributed by atoms with E-state index >= 15 is 0 Å². The van der Waals surface area contributed by atoms with Crippen LogP contribution in [-0.4, -0.2) is 52.3 Å². The molecular weight excluding hydrogens is 244 g/mol. The highest BCUT2D eigenvalue weighted by Gasteiger charge is 2.32. The normalized spacial score (nSPS) is 39.4. The third-order valence-electron chi connectivity index (χ3n) is 4.99. The molecule has 1 aliphatic carbocycles. The molecule has 3 aliphatic rings. The van der Waals surface area contributed by atoms with Crippen molar-refractivity contribution >= 4 is 10.8 Å². The predicted octanol–water partition coefficient (Wildman–Crippen LogP) is 1.36. The molecule has 0 aromatic heterocycles. The molecule has 2 heterocycles. The van der Waals surface area contributed by atoms with Gasteiger partial charge in [-0.05, 0) is 31.6 Å². The molecule has 3 atom stereocenters. The van der Waals surface area contributed by atoms with Gasteiger partial charge in [-0.15, -0.1) is 0 Å². The first kappa shape index (κ1) is 13.1. The smallest absolute Gasteiger partial charge is 0.0363 e. The fourth-order valence-corrected chi connectivity index (χ4v) is 5.02. The van der Waals surface area contributed by atoms with Crippen molar-refractivity contribution in [3.63, 3.8) is 0 Å². The predicted molar refractivity (Wildman–Crippen MR) is 76.2 cm³/mol. The minimum absolute atomic E-state index is 0.536. The van der Waals surface area contributed by atoms with Gasteiger partial charge < -0.3 is 5.32 Å². The van der Waals surface area contributed by atoms with Gasteiger partial charge in [0, 0.05) is 54.0 Å². The summed E-state index contributed by atoms with van der Waals surface area (Å²) in [5.74, 6) is 2.74. The molecule has 3 unspecified atom stereocenters. The van der Waals surface area contributed by atoms with Crippen LogP contribution in [0.25, 0.3) is 0 Å². The van der Waals surface area contributed by atoms with Crippen LogP contribution >= 0.6 is 0 Å². The number of piperidine rings is 1. The molecule has 3 fully saturated rings. The Kier molecular flexibility index (Phi) is 4.37. The van der Waals surface area contributed by atoms with E-state index in [0.717, 1.165) is 36.6 Å². The molecule has 0 aromatic rings. The minimum atomic E-state index is -0.536. The van der Waals surface area contributed by atoms with Crippen LogP contribution in [0.5, 0.6) is 0 Å². The Hall–Kier alpha value is 0.0700. The number of rotatable bonds is 2. The van der Waals surface area contributed by atoms with Crippen LogP contribution in [0.4, 0.5) is 0 Å². The Morgan fingerprint density at radius 2 is 1.83 bits per heavy atom. The van der Waals surface area contributed by atoms with E-state index in [9.17, 15) is 4.21 Å². The van der Waals surface area contributed by atoms with Crippen molar-refractivity contribution in [1.82, 2.24) is 10.2 Å². The maximum absolute atomic E-state index is 11.4. The van der Waals surface area contributed by atoms with E-state index in [2.05, 4.69) is 10.2 Å². The molecule has 104 valence electrons. The van der Waals surface area contributed by atoms with E-state index in [-0.39, 0.29) is 0 Å². The number of nitrogens with zero attached hydrogens (tertiary/aromatic N) is 1. The van der Waals surface area contributed by atoms with Gasteiger partial charge in [-0.25, -0.2) is 0 Å². The van der Waals surface area contributed by atoms with E-state index < -0.39 is 10.8 Å². The Bertz CT molecular complexity index is 300. The van der Waals surface area contributed by atoms with Gasteiger partial charge in [-0.1, -0.05) is 12.8 Å². The van der Waals surface area contributed by atoms with Crippen molar-refractivity contribution in [1.29, 1.82) is 0 Å². The average molecular weight is 270 g/mol. The zero-order valence-electron chi connectivity index (χ0n) is 11.3. The summed E-state index contributed by atoms with van der Waals surface area (Å²) in [6, 6.07) is 1.49. The average Bonchev–Trinajstić information content (AvgIpc) is 2.41. The number of nitrogens with one attached hydrogen (secondary N) is 1. The van der Waals surface area contributed by atoms with Crippen LogP contribution in [0.1, 0.15) is 38.5 Å². The summed E-state index contributed by atoms with van der Waals surface area (Å²) < 4.78 is 11.4. The van der Waals surface area contributed by atoms with Gasteiger partial charge in [0.15, 0.2) is 0 Å². The van der Waals surface area contributed by atoms with Crippen molar-refractivity contribution in [3.05, 3.63) is 0 Å². The summed E-state index contributed by atoms with van der Waals surface area (Å²) in [5, 5.41) is 3.90. The first-order valence-corrected chi connectivity index (χ1v) is 9.13. The standard InChI is InChI=1S/C14H26N2OS/c17-18-9-7-16(8-10-18)11-13-6-5-12-3-1-2-4-14(12)15-13/h12-15H,1-11H2. The molecule has 0 amide bonds. The molecule has 0 aromatic carbocycles. The first-order chi connectivity index (χ1) is 8.81. The zero-order chi connectivity index (χ0) is 12.4. The summed E-state index contributed by atoms with van der Waals surface area (Å²) in [6.45, 7) is 3.26. The quantitative estimate of drug-likeness (QED) is 0.822. The lowest BCUT2D eigenvalue weighted by atomic mass is 9.78. The molecule has 0 spiro atoms. The molecule has 0 radical (unpaired) electrons. The fraction of sp³-hybridized carbons (Fsp3) is 1.00. The second-order valence-electron chi connectivity index (χ2n) is 6.24. The molecule has 2 aliphatic heterocycles. The largest absolute Gasteiger partial charge is 0.310 e. The summed E-state index contributed by atoms with van der Waals surface area (Å²) in [6.07, 6.45) is 8.50. The highest BCUT2D eigenvalue weighted by molar-refractivity contribution is 7.85. The van der Waals surface area contributed by atoms with Gasteiger partial charge in [0.2, 0.25) is 0 Å². The maximum Gasteiger partial charge on any atom is 0.0363 e. The topological polar surface area (TPSA) is 32.3 Å². The summed E-state index contributed by atoms with van der Waals surface area (Å²) >= 11 is 0. The highest BCUT2D eigenvalue weighted by atomic mass is 32.2. The van der Waals surface area contributed by atoms with E-state index in [4.69, 9.17) is 0 Å². The second-order valence-corrected chi connectivity index (χ2v) is 7.94. The van der Waals surface area contributed by atoms with Gasteiger partial charge in [0.05, 0.1) is 0 Å². The second kappa shape index (κ2) is 6.02. The molecule has 1 saturated carbocycles. The zero-order valence-corrected chi connectivity index (χ0v) is 12.1. The van der Waals surface area contributed by atoms with Crippen LogP contribution in [-0.2, 0) is 10.8 Å². The van der Waals surface area contributed by atoms with Crippen LogP contribution in [0, 0.1) is 5.92 Å². The number of hydrogen-bond donors (Lipinski definition) is 1. The van der Waals surface area contributed by atoms with Crippen molar-refractivity contribution in [2.24, 2.45) is 5.92 Å². The Balaban J connectivity index is 1.47. The van der Waals surface area contributed by atoms with Crippen LogP contribution in [0.2, 0.25) is 0 Å². The lowest BCUT2D eigenvalue weighted by Crippen LogP contribution is -2.54. The van der Waals surface area contributed by atoms with Gasteiger partial charge in [0.1, 0.15) is 0 Å². The molecule has 3 rings (SSSR count). The first-order valence-electron chi connectivity index (χ1n) is 7.64. The molecule has 18 heavy (non-hydrogen) atoms. The SMILES string of the molecule is O=S1CCN(CC2CCC3CCCCC3N2)CC1. The molecular formula is C14H26N2OS. The van der Waals surface area contributed by atoms with Crippen molar-refractivity contribution in [2.45, 2.75) is 50.6 Å². The van der Waals surface area contributed by atoms with E-state index in [1.165, 1.54) is 45.1 Å². The van der Waals surface area contributed by atoms with Gasteiger partial charge >= 0.3 is 0 Å². The summed E-state index contributed by atoms with van der Waals surface area (Å²) in [5.41, 5.74) is 0. The molecule has 1 N–H and O–H groups in total. The van der Waals surface area contributed by atoms with Crippen LogP contribution in [0.15, 0.2) is 0 Å². The van der Waals surface area contributed by atoms with Gasteiger partial charge in [0.25, 0.3) is 0 Å². The Morgan fingerprint density at radius 1 is 1.06 bits per heavy atom. The molecule has 2 saturated heterocycles. The van der Waals surface area contributed by atoms with Crippen LogP contribution < -0.4 is 5.32 Å². The van der Waals surface area contributed by atoms with Crippen molar-refractivity contribution in [3.8, 4) is 0 Å². The third-order valence-corrected chi connectivity index (χ3v) is 6.27. The van der Waals surface area contributed by atoms with Crippen molar-refractivity contribution < 1.29 is 4.21 Å². The molecule has 3 nitrogen and oxygen atoms in total. The lowest BCUT2D eigenvalue weighted by molar-refractivity contribution is 0.147. The molecule has 0 bridgehead atoms. The number of fused-ring (bicyclic) bond motifs is 1. The highest BCUT2D eigenvalue weighted by Crippen LogP contribution is 2.32. The Labute approximate surface area is 113 Å². The van der Waals surface area contributed by atoms with Crippen LogP contribution in [0.3, 0.4) is 0 Å². The van der Waals surface area contributed by atoms with Crippen molar-refractivity contribution in [2.75, 3.05) is 31.1 Å². The fourth-order valence-electron chi connectivity index (χ4n) is 3.89. The maximum atomic E-state index is 11.4. The molecule has 4 heteroatoms. The van der Waals surface area contributed by atoms with E-state index in [1.54, 1.807) is 0 Å². The lowest BCUT2D eigenvalue weighted by Gasteiger charge is -2.42. The van der Waals surface area contributed by atoms with Gasteiger partial charge in [-0.2, -0.15) is 0 Å². The minimum Gasteiger partial charge on any atom is -0.310 e. The Morgan fingerprint density at radius 3 is 2.67 bits per heavy atom. The number of hydrogen-bond acceptors (Lipinski definition) is 3. The summed E-state index contributed by atoms with van der Waals surface area (Å²) in [7, 11) is -0.536. The van der Waals surface area contributed by atoms with E-state index in [0.29, 0.717) is 6.04 Å². The van der Waals surface area contributed by atoms with E-state index in [1.807, 2.05) is 0 Å². The monoisotopic (exact) mass is 270 g/mol. The third kappa shape index (κ3) is 3.14. The summed E-state index contributed by atoms with van der Waals surface area (Å²) in [4.78, 5) is 2.52.